The van der Waals surface area contributed by atoms with Crippen LogP contribution in [0.5, 0.6) is 11.5 Å². The summed E-state index contributed by atoms with van der Waals surface area (Å²) in [4.78, 5) is 12.5. The third-order valence-electron chi connectivity index (χ3n) is 4.48. The Labute approximate surface area is 178 Å². The molecule has 0 fully saturated rings. The molecule has 0 radical (unpaired) electrons. The van der Waals surface area contributed by atoms with Crippen LogP contribution in [0, 0.1) is 0 Å². The molecule has 0 aliphatic carbocycles. The third-order valence-corrected chi connectivity index (χ3v) is 4.48. The number of nitrogens with one attached hydrogen (secondary N) is 2. The number of carbonyl (C=O) groups excluding carboxylic acids is 1. The average Bonchev–Trinajstić information content (AvgIpc) is 2.79. The maximum absolute atomic E-state index is 12.5. The number of carbonyl (C=O) groups is 1. The zero-order valence-corrected chi connectivity index (χ0v) is 17.3. The molecule has 5 nitrogen and oxygen atoms in total. The van der Waals surface area contributed by atoms with Gasteiger partial charge in [0.1, 0.15) is 18.1 Å². The van der Waals surface area contributed by atoms with Gasteiger partial charge in [-0.25, -0.2) is 0 Å². The predicted molar refractivity (Wildman–Crippen MR) is 121 cm³/mol. The minimum atomic E-state index is -0.153. The van der Waals surface area contributed by atoms with Crippen molar-refractivity contribution in [2.24, 2.45) is 0 Å². The molecule has 0 saturated carbocycles. The molecule has 3 rings (SSSR count). The smallest absolute Gasteiger partial charge is 0.243 e. The van der Waals surface area contributed by atoms with E-state index >= 15 is 0 Å². The van der Waals surface area contributed by atoms with Crippen LogP contribution >= 0.6 is 0 Å². The molecule has 0 bridgehead atoms. The van der Waals surface area contributed by atoms with Crippen LogP contribution in [0.3, 0.4) is 0 Å². The lowest BCUT2D eigenvalue weighted by atomic mass is 10.2. The van der Waals surface area contributed by atoms with Crippen molar-refractivity contribution in [3.63, 3.8) is 0 Å². The Hall–Kier alpha value is -3.47. The molecule has 0 saturated heterocycles. The number of para-hydroxylation sites is 4. The number of ether oxygens (including phenoxy) is 2. The molecular weight excluding hydrogens is 376 g/mol. The van der Waals surface area contributed by atoms with Gasteiger partial charge in [0.25, 0.3) is 0 Å². The summed E-state index contributed by atoms with van der Waals surface area (Å²) in [6.07, 6.45) is 2.04. The number of unbranched alkanes of at least 4 members (excludes halogenated alkanes) is 1. The number of anilines is 2. The van der Waals surface area contributed by atoms with Crippen LogP contribution in [-0.4, -0.2) is 19.1 Å². The van der Waals surface area contributed by atoms with Crippen LogP contribution in [0.4, 0.5) is 11.4 Å². The highest BCUT2D eigenvalue weighted by Gasteiger charge is 2.09. The van der Waals surface area contributed by atoms with Crippen LogP contribution in [0.15, 0.2) is 78.9 Å². The fourth-order valence-electron chi connectivity index (χ4n) is 2.87. The van der Waals surface area contributed by atoms with E-state index in [4.69, 9.17) is 9.47 Å². The largest absolute Gasteiger partial charge is 0.491 e. The zero-order chi connectivity index (χ0) is 21.0. The Morgan fingerprint density at radius 3 is 2.17 bits per heavy atom. The topological polar surface area (TPSA) is 59.6 Å². The molecule has 2 N–H and O–H groups in total. The molecule has 0 aliphatic heterocycles. The first-order valence-electron chi connectivity index (χ1n) is 10.3. The van der Waals surface area contributed by atoms with Crippen molar-refractivity contribution < 1.29 is 14.3 Å². The van der Waals surface area contributed by atoms with Gasteiger partial charge in [0, 0.05) is 0 Å². The fourth-order valence-corrected chi connectivity index (χ4v) is 2.87. The second kappa shape index (κ2) is 11.5. The van der Waals surface area contributed by atoms with Crippen molar-refractivity contribution in [2.45, 2.75) is 26.4 Å². The average molecular weight is 405 g/mol. The van der Waals surface area contributed by atoms with E-state index < -0.39 is 0 Å². The van der Waals surface area contributed by atoms with E-state index in [1.54, 1.807) is 0 Å². The van der Waals surface area contributed by atoms with Gasteiger partial charge in [-0.2, -0.15) is 0 Å². The fraction of sp³-hybridized carbons (Fsp3) is 0.240. The van der Waals surface area contributed by atoms with Gasteiger partial charge in [0.05, 0.1) is 24.5 Å². The summed E-state index contributed by atoms with van der Waals surface area (Å²) >= 11 is 0. The highest BCUT2D eigenvalue weighted by molar-refractivity contribution is 5.95. The lowest BCUT2D eigenvalue weighted by molar-refractivity contribution is -0.114. The van der Waals surface area contributed by atoms with Crippen LogP contribution in [-0.2, 0) is 11.4 Å². The number of rotatable bonds is 11. The molecule has 3 aromatic carbocycles. The van der Waals surface area contributed by atoms with Crippen molar-refractivity contribution in [3.05, 3.63) is 84.4 Å². The molecule has 3 aromatic rings. The maximum Gasteiger partial charge on any atom is 0.243 e. The predicted octanol–water partition coefficient (Wildman–Crippen LogP) is 5.50. The Morgan fingerprint density at radius 2 is 1.43 bits per heavy atom. The first-order valence-corrected chi connectivity index (χ1v) is 10.3. The highest BCUT2D eigenvalue weighted by Crippen LogP contribution is 2.26. The van der Waals surface area contributed by atoms with E-state index in [1.807, 2.05) is 78.9 Å². The molecule has 0 atom stereocenters. The molecule has 1 amide bonds. The number of hydrogen-bond acceptors (Lipinski definition) is 4. The number of amides is 1. The summed E-state index contributed by atoms with van der Waals surface area (Å²) in [7, 11) is 0. The molecule has 0 aromatic heterocycles. The van der Waals surface area contributed by atoms with Gasteiger partial charge in [-0.3, -0.25) is 4.79 Å². The zero-order valence-electron chi connectivity index (χ0n) is 17.3. The van der Waals surface area contributed by atoms with E-state index in [1.165, 1.54) is 0 Å². The molecular formula is C25H28N2O3. The second-order valence-electron chi connectivity index (χ2n) is 6.87. The van der Waals surface area contributed by atoms with Gasteiger partial charge >= 0.3 is 0 Å². The molecule has 0 spiro atoms. The van der Waals surface area contributed by atoms with Crippen LogP contribution in [0.1, 0.15) is 25.3 Å². The number of hydrogen-bond donors (Lipinski definition) is 2. The SMILES string of the molecule is CCCCOc1ccccc1NC(=O)CNc1ccccc1OCc1ccccc1. The molecule has 30 heavy (non-hydrogen) atoms. The molecule has 156 valence electrons. The van der Waals surface area contributed by atoms with Gasteiger partial charge in [0.15, 0.2) is 0 Å². The molecule has 0 unspecified atom stereocenters. The van der Waals surface area contributed by atoms with Gasteiger partial charge in [-0.15, -0.1) is 0 Å². The van der Waals surface area contributed by atoms with Crippen molar-refractivity contribution in [1.82, 2.24) is 0 Å². The molecule has 0 aliphatic rings. The van der Waals surface area contributed by atoms with Gasteiger partial charge in [-0.1, -0.05) is 67.9 Å². The summed E-state index contributed by atoms with van der Waals surface area (Å²) < 4.78 is 11.7. The quantitative estimate of drug-likeness (QED) is 0.415. The van der Waals surface area contributed by atoms with Crippen LogP contribution in [0.2, 0.25) is 0 Å². The van der Waals surface area contributed by atoms with Crippen molar-refractivity contribution in [1.29, 1.82) is 0 Å². The van der Waals surface area contributed by atoms with E-state index in [2.05, 4.69) is 17.6 Å². The van der Waals surface area contributed by atoms with Crippen molar-refractivity contribution in [2.75, 3.05) is 23.8 Å². The van der Waals surface area contributed by atoms with Crippen molar-refractivity contribution >= 4 is 17.3 Å². The summed E-state index contributed by atoms with van der Waals surface area (Å²) in [6, 6.07) is 25.1. The third kappa shape index (κ3) is 6.55. The van der Waals surface area contributed by atoms with E-state index in [0.29, 0.717) is 30.4 Å². The van der Waals surface area contributed by atoms with Crippen LogP contribution < -0.4 is 20.1 Å². The Morgan fingerprint density at radius 1 is 0.800 bits per heavy atom. The number of benzene rings is 3. The van der Waals surface area contributed by atoms with E-state index in [-0.39, 0.29) is 12.5 Å². The van der Waals surface area contributed by atoms with Gasteiger partial charge in [-0.05, 0) is 36.2 Å². The summed E-state index contributed by atoms with van der Waals surface area (Å²) in [6.45, 7) is 3.33. The Balaban J connectivity index is 1.55. The Kier molecular flexibility index (Phi) is 8.15. The first-order chi connectivity index (χ1) is 14.8. The summed E-state index contributed by atoms with van der Waals surface area (Å²) in [5, 5.41) is 6.08. The normalized spacial score (nSPS) is 10.3. The lowest BCUT2D eigenvalue weighted by Gasteiger charge is -2.15. The lowest BCUT2D eigenvalue weighted by Crippen LogP contribution is -2.22. The minimum absolute atomic E-state index is 0.120. The highest BCUT2D eigenvalue weighted by atomic mass is 16.5. The second-order valence-corrected chi connectivity index (χ2v) is 6.87. The summed E-state index contributed by atoms with van der Waals surface area (Å²) in [5.41, 5.74) is 2.54. The monoisotopic (exact) mass is 404 g/mol. The molecule has 5 heteroatoms. The summed E-state index contributed by atoms with van der Waals surface area (Å²) in [5.74, 6) is 1.24. The van der Waals surface area contributed by atoms with E-state index in [0.717, 1.165) is 24.1 Å². The van der Waals surface area contributed by atoms with E-state index in [9.17, 15) is 4.79 Å². The van der Waals surface area contributed by atoms with Gasteiger partial charge < -0.3 is 20.1 Å². The standard InChI is InChI=1S/C25H28N2O3/c1-2-3-17-29-24-16-10-8-14-22(24)27-25(28)18-26-21-13-7-9-15-23(21)30-19-20-11-5-4-6-12-20/h4-16,26H,2-3,17-19H2,1H3,(H,27,28). The Bertz CT molecular complexity index is 928. The molecule has 0 heterocycles. The first kappa shape index (κ1) is 21.2. The van der Waals surface area contributed by atoms with Gasteiger partial charge in [0.2, 0.25) is 5.91 Å². The maximum atomic E-state index is 12.5. The minimum Gasteiger partial charge on any atom is -0.491 e. The van der Waals surface area contributed by atoms with Crippen molar-refractivity contribution in [3.8, 4) is 11.5 Å². The van der Waals surface area contributed by atoms with Crippen LogP contribution in [0.25, 0.3) is 0 Å².